The zero-order valence-electron chi connectivity index (χ0n) is 17.2. The van der Waals surface area contributed by atoms with Gasteiger partial charge in [0.2, 0.25) is 0 Å². The summed E-state index contributed by atoms with van der Waals surface area (Å²) in [6.07, 6.45) is 5.30. The van der Waals surface area contributed by atoms with Crippen LogP contribution in [0.1, 0.15) is 29.6 Å². The number of nitrogens with one attached hydrogen (secondary N) is 1. The lowest BCUT2D eigenvalue weighted by atomic mass is 10.1. The Kier molecular flexibility index (Phi) is 5.39. The number of benzene rings is 2. The van der Waals surface area contributed by atoms with Crippen molar-refractivity contribution in [2.24, 2.45) is 0 Å². The fourth-order valence-corrected chi connectivity index (χ4v) is 3.92. The molecule has 3 aromatic rings. The molecular weight excluding hydrogens is 392 g/mol. The van der Waals surface area contributed by atoms with Gasteiger partial charge in [-0.25, -0.2) is 9.97 Å². The maximum Gasteiger partial charge on any atom is 0.255 e. The van der Waals surface area contributed by atoms with Crippen LogP contribution in [0, 0.1) is 0 Å². The molecule has 2 aliphatic rings. The molecule has 1 saturated heterocycles. The third-order valence-corrected chi connectivity index (χ3v) is 5.58. The number of nitrogens with zero attached hydrogens (tertiary/aromatic N) is 3. The van der Waals surface area contributed by atoms with E-state index in [0.717, 1.165) is 30.2 Å². The number of ether oxygens (including phenoxy) is 2. The number of carbonyl (C=O) groups excluding carboxylic acids is 1. The Morgan fingerprint density at radius 2 is 1.65 bits per heavy atom. The number of anilines is 2. The Morgan fingerprint density at radius 3 is 2.45 bits per heavy atom. The van der Waals surface area contributed by atoms with Gasteiger partial charge < -0.3 is 19.7 Å². The van der Waals surface area contributed by atoms with Gasteiger partial charge in [0.25, 0.3) is 5.91 Å². The molecule has 31 heavy (non-hydrogen) atoms. The lowest BCUT2D eigenvalue weighted by Gasteiger charge is -2.27. The number of rotatable bonds is 4. The zero-order chi connectivity index (χ0) is 21.0. The Labute approximate surface area is 181 Å². The lowest BCUT2D eigenvalue weighted by Crippen LogP contribution is -2.30. The topological polar surface area (TPSA) is 76.6 Å². The van der Waals surface area contributed by atoms with Crippen LogP contribution < -0.4 is 19.7 Å². The van der Waals surface area contributed by atoms with Crippen LogP contribution in [0.5, 0.6) is 11.5 Å². The first-order chi connectivity index (χ1) is 15.3. The summed E-state index contributed by atoms with van der Waals surface area (Å²) in [7, 11) is 0. The molecule has 2 aliphatic heterocycles. The van der Waals surface area contributed by atoms with Crippen LogP contribution in [-0.4, -0.2) is 42.2 Å². The highest BCUT2D eigenvalue weighted by atomic mass is 16.6. The highest BCUT2D eigenvalue weighted by molar-refractivity contribution is 6.04. The molecule has 158 valence electrons. The van der Waals surface area contributed by atoms with Gasteiger partial charge in [0.05, 0.1) is 5.69 Å². The number of hydrogen-bond donors (Lipinski definition) is 1. The molecule has 0 spiro atoms. The molecule has 0 bridgehead atoms. The second kappa shape index (κ2) is 8.63. The molecule has 0 aliphatic carbocycles. The van der Waals surface area contributed by atoms with Gasteiger partial charge in [-0.3, -0.25) is 4.79 Å². The van der Waals surface area contributed by atoms with Gasteiger partial charge >= 0.3 is 0 Å². The predicted octanol–water partition coefficient (Wildman–Crippen LogP) is 4.16. The SMILES string of the molecule is O=C(Nc1ccc2c(c1)OCCO2)c1ccc(-c2cc(N3CCCCC3)ncn2)cc1. The van der Waals surface area contributed by atoms with Gasteiger partial charge in [-0.2, -0.15) is 0 Å². The lowest BCUT2D eigenvalue weighted by molar-refractivity contribution is 0.102. The van der Waals surface area contributed by atoms with E-state index in [0.29, 0.717) is 36.0 Å². The molecular formula is C24H24N4O3. The highest BCUT2D eigenvalue weighted by Gasteiger charge is 2.15. The molecule has 1 aromatic heterocycles. The van der Waals surface area contributed by atoms with Crippen molar-refractivity contribution in [3.8, 4) is 22.8 Å². The van der Waals surface area contributed by atoms with Crippen LogP contribution in [-0.2, 0) is 0 Å². The molecule has 1 fully saturated rings. The zero-order valence-corrected chi connectivity index (χ0v) is 17.2. The minimum Gasteiger partial charge on any atom is -0.486 e. The van der Waals surface area contributed by atoms with E-state index >= 15 is 0 Å². The number of hydrogen-bond acceptors (Lipinski definition) is 6. The summed E-state index contributed by atoms with van der Waals surface area (Å²) >= 11 is 0. The smallest absolute Gasteiger partial charge is 0.255 e. The second-order valence-electron chi connectivity index (χ2n) is 7.70. The van der Waals surface area contributed by atoms with Gasteiger partial charge in [0, 0.05) is 42.0 Å². The van der Waals surface area contributed by atoms with Crippen molar-refractivity contribution >= 4 is 17.4 Å². The van der Waals surface area contributed by atoms with Gasteiger partial charge in [-0.1, -0.05) is 12.1 Å². The van der Waals surface area contributed by atoms with E-state index < -0.39 is 0 Å². The first-order valence-corrected chi connectivity index (χ1v) is 10.6. The minimum atomic E-state index is -0.181. The molecule has 0 atom stereocenters. The number of carbonyl (C=O) groups is 1. The fourth-order valence-electron chi connectivity index (χ4n) is 3.92. The normalized spacial score (nSPS) is 15.4. The monoisotopic (exact) mass is 416 g/mol. The summed E-state index contributed by atoms with van der Waals surface area (Å²) in [5, 5.41) is 2.91. The van der Waals surface area contributed by atoms with Gasteiger partial charge in [-0.15, -0.1) is 0 Å². The van der Waals surface area contributed by atoms with E-state index in [2.05, 4.69) is 20.2 Å². The number of aromatic nitrogens is 2. The Hall–Kier alpha value is -3.61. The van der Waals surface area contributed by atoms with Crippen LogP contribution in [0.3, 0.4) is 0 Å². The van der Waals surface area contributed by atoms with Crippen molar-refractivity contribution in [2.75, 3.05) is 36.5 Å². The third-order valence-electron chi connectivity index (χ3n) is 5.58. The summed E-state index contributed by atoms with van der Waals surface area (Å²) in [5.74, 6) is 2.13. The van der Waals surface area contributed by atoms with Gasteiger partial charge in [-0.05, 0) is 43.5 Å². The van der Waals surface area contributed by atoms with Crippen molar-refractivity contribution in [3.05, 3.63) is 60.4 Å². The highest BCUT2D eigenvalue weighted by Crippen LogP contribution is 2.32. The van der Waals surface area contributed by atoms with Crippen molar-refractivity contribution in [3.63, 3.8) is 0 Å². The standard InChI is InChI=1S/C24H24N4O3/c29-24(27-19-8-9-21-22(14-19)31-13-12-30-21)18-6-4-17(5-7-18)20-15-23(26-16-25-20)28-10-2-1-3-11-28/h4-9,14-16H,1-3,10-13H2,(H,27,29). The fraction of sp³-hybridized carbons (Fsp3) is 0.292. The molecule has 0 radical (unpaired) electrons. The van der Waals surface area contributed by atoms with Crippen LogP contribution in [0.25, 0.3) is 11.3 Å². The predicted molar refractivity (Wildman–Crippen MR) is 119 cm³/mol. The van der Waals surface area contributed by atoms with Crippen molar-refractivity contribution < 1.29 is 14.3 Å². The van der Waals surface area contributed by atoms with E-state index in [1.54, 1.807) is 12.4 Å². The van der Waals surface area contributed by atoms with Crippen LogP contribution in [0.2, 0.25) is 0 Å². The number of fused-ring (bicyclic) bond motifs is 1. The summed E-state index contributed by atoms with van der Waals surface area (Å²) in [5.41, 5.74) is 3.05. The van der Waals surface area contributed by atoms with Gasteiger partial charge in [0.1, 0.15) is 25.4 Å². The molecule has 1 N–H and O–H groups in total. The summed E-state index contributed by atoms with van der Waals surface area (Å²) < 4.78 is 11.1. The average Bonchev–Trinajstić information content (AvgIpc) is 2.85. The largest absolute Gasteiger partial charge is 0.486 e. The summed E-state index contributed by atoms with van der Waals surface area (Å²) in [6, 6.07) is 14.9. The Bertz CT molecular complexity index is 1080. The maximum atomic E-state index is 12.7. The Balaban J connectivity index is 1.29. The van der Waals surface area contributed by atoms with Crippen LogP contribution in [0.15, 0.2) is 54.9 Å². The van der Waals surface area contributed by atoms with Crippen molar-refractivity contribution in [1.29, 1.82) is 0 Å². The molecule has 7 nitrogen and oxygen atoms in total. The molecule has 2 aromatic carbocycles. The molecule has 0 saturated carbocycles. The van der Waals surface area contributed by atoms with E-state index in [4.69, 9.17) is 9.47 Å². The van der Waals surface area contributed by atoms with Crippen molar-refractivity contribution in [1.82, 2.24) is 9.97 Å². The van der Waals surface area contributed by atoms with E-state index in [-0.39, 0.29) is 5.91 Å². The third kappa shape index (κ3) is 4.30. The first kappa shape index (κ1) is 19.4. The number of piperidine rings is 1. The van der Waals surface area contributed by atoms with E-state index in [1.807, 2.05) is 42.5 Å². The molecule has 3 heterocycles. The summed E-state index contributed by atoms with van der Waals surface area (Å²) in [4.78, 5) is 23.9. The minimum absolute atomic E-state index is 0.181. The van der Waals surface area contributed by atoms with Crippen molar-refractivity contribution in [2.45, 2.75) is 19.3 Å². The van der Waals surface area contributed by atoms with E-state index in [1.165, 1.54) is 19.3 Å². The number of amides is 1. The molecule has 1 amide bonds. The average molecular weight is 416 g/mol. The van der Waals surface area contributed by atoms with E-state index in [9.17, 15) is 4.79 Å². The molecule has 7 heteroatoms. The van der Waals surface area contributed by atoms with Gasteiger partial charge in [0.15, 0.2) is 11.5 Å². The Morgan fingerprint density at radius 1 is 0.871 bits per heavy atom. The first-order valence-electron chi connectivity index (χ1n) is 10.6. The second-order valence-corrected chi connectivity index (χ2v) is 7.70. The molecule has 5 rings (SSSR count). The summed E-state index contributed by atoms with van der Waals surface area (Å²) in [6.45, 7) is 3.12. The quantitative estimate of drug-likeness (QED) is 0.688. The molecule has 0 unspecified atom stereocenters. The van der Waals surface area contributed by atoms with Crippen LogP contribution >= 0.6 is 0 Å². The van der Waals surface area contributed by atoms with Crippen LogP contribution in [0.4, 0.5) is 11.5 Å². The maximum absolute atomic E-state index is 12.7.